The third-order valence-corrected chi connectivity index (χ3v) is 2.04. The Morgan fingerprint density at radius 2 is 2.36 bits per heavy atom. The zero-order chi connectivity index (χ0) is 10.4. The Morgan fingerprint density at radius 3 is 3.00 bits per heavy atom. The van der Waals surface area contributed by atoms with Gasteiger partial charge in [-0.3, -0.25) is 0 Å². The zero-order valence-electron chi connectivity index (χ0n) is 7.87. The van der Waals surface area contributed by atoms with E-state index >= 15 is 0 Å². The second-order valence-electron chi connectivity index (χ2n) is 2.64. The SMILES string of the molecule is CCOC(=O)/C=C/c1cccc(Br)c1. The lowest BCUT2D eigenvalue weighted by molar-refractivity contribution is -0.137. The van der Waals surface area contributed by atoms with Crippen molar-refractivity contribution < 1.29 is 9.53 Å². The summed E-state index contributed by atoms with van der Waals surface area (Å²) in [5.74, 6) is -0.313. The first kappa shape index (κ1) is 11.0. The van der Waals surface area contributed by atoms with Crippen molar-refractivity contribution >= 4 is 28.0 Å². The zero-order valence-corrected chi connectivity index (χ0v) is 9.45. The van der Waals surface area contributed by atoms with Crippen LogP contribution in [0.15, 0.2) is 34.8 Å². The van der Waals surface area contributed by atoms with Crippen molar-refractivity contribution in [2.75, 3.05) is 6.61 Å². The summed E-state index contributed by atoms with van der Waals surface area (Å²) in [6.07, 6.45) is 3.15. The molecule has 1 aromatic rings. The Morgan fingerprint density at radius 1 is 1.57 bits per heavy atom. The summed E-state index contributed by atoms with van der Waals surface area (Å²) in [4.78, 5) is 11.0. The summed E-state index contributed by atoms with van der Waals surface area (Å²) in [6.45, 7) is 2.19. The average Bonchev–Trinajstić information content (AvgIpc) is 2.15. The van der Waals surface area contributed by atoms with E-state index in [0.717, 1.165) is 10.0 Å². The van der Waals surface area contributed by atoms with Crippen molar-refractivity contribution in [1.82, 2.24) is 0 Å². The van der Waals surface area contributed by atoms with Crippen LogP contribution in [0.5, 0.6) is 0 Å². The Kier molecular flexibility index (Phi) is 4.40. The number of carbonyl (C=O) groups excluding carboxylic acids is 1. The number of esters is 1. The van der Waals surface area contributed by atoms with Crippen molar-refractivity contribution in [3.63, 3.8) is 0 Å². The molecule has 0 N–H and O–H groups in total. The molecule has 0 saturated heterocycles. The third-order valence-electron chi connectivity index (χ3n) is 1.55. The highest BCUT2D eigenvalue weighted by molar-refractivity contribution is 9.10. The van der Waals surface area contributed by atoms with Crippen LogP contribution < -0.4 is 0 Å². The van der Waals surface area contributed by atoms with E-state index in [0.29, 0.717) is 6.61 Å². The molecule has 1 aromatic carbocycles. The van der Waals surface area contributed by atoms with Gasteiger partial charge >= 0.3 is 5.97 Å². The second-order valence-corrected chi connectivity index (χ2v) is 3.56. The Balaban J connectivity index is 2.64. The van der Waals surface area contributed by atoms with Gasteiger partial charge < -0.3 is 4.74 Å². The van der Waals surface area contributed by atoms with Gasteiger partial charge in [-0.15, -0.1) is 0 Å². The van der Waals surface area contributed by atoms with Gasteiger partial charge in [-0.25, -0.2) is 4.79 Å². The molecule has 0 amide bonds. The summed E-state index contributed by atoms with van der Waals surface area (Å²) >= 11 is 3.35. The Labute approximate surface area is 91.7 Å². The first-order chi connectivity index (χ1) is 6.72. The minimum atomic E-state index is -0.313. The van der Waals surface area contributed by atoms with Gasteiger partial charge in [0, 0.05) is 10.5 Å². The van der Waals surface area contributed by atoms with Crippen molar-refractivity contribution in [2.24, 2.45) is 0 Å². The molecule has 74 valence electrons. The van der Waals surface area contributed by atoms with Gasteiger partial charge in [0.2, 0.25) is 0 Å². The van der Waals surface area contributed by atoms with Gasteiger partial charge in [0.1, 0.15) is 0 Å². The number of halogens is 1. The highest BCUT2D eigenvalue weighted by atomic mass is 79.9. The molecule has 0 bridgehead atoms. The smallest absolute Gasteiger partial charge is 0.330 e. The second kappa shape index (κ2) is 5.60. The molecular weight excluding hydrogens is 244 g/mol. The van der Waals surface area contributed by atoms with E-state index in [-0.39, 0.29) is 5.97 Å². The van der Waals surface area contributed by atoms with Gasteiger partial charge in [-0.1, -0.05) is 28.1 Å². The largest absolute Gasteiger partial charge is 0.463 e. The van der Waals surface area contributed by atoms with Crippen molar-refractivity contribution in [3.05, 3.63) is 40.4 Å². The summed E-state index contributed by atoms with van der Waals surface area (Å²) in [7, 11) is 0. The molecule has 0 spiro atoms. The first-order valence-electron chi connectivity index (χ1n) is 4.33. The molecule has 3 heteroatoms. The standard InChI is InChI=1S/C11H11BrO2/c1-2-14-11(13)7-6-9-4-3-5-10(12)8-9/h3-8H,2H2,1H3/b7-6+. The van der Waals surface area contributed by atoms with Crippen molar-refractivity contribution in [3.8, 4) is 0 Å². The molecule has 0 atom stereocenters. The Bertz CT molecular complexity index is 345. The van der Waals surface area contributed by atoms with Crippen LogP contribution in [0.1, 0.15) is 12.5 Å². The van der Waals surface area contributed by atoms with E-state index in [2.05, 4.69) is 15.9 Å². The molecule has 0 heterocycles. The number of benzene rings is 1. The van der Waals surface area contributed by atoms with Gasteiger partial charge in [0.05, 0.1) is 6.61 Å². The number of hydrogen-bond acceptors (Lipinski definition) is 2. The van der Waals surface area contributed by atoms with E-state index in [1.165, 1.54) is 6.08 Å². The lowest BCUT2D eigenvalue weighted by atomic mass is 10.2. The maximum atomic E-state index is 11.0. The summed E-state index contributed by atoms with van der Waals surface area (Å²) < 4.78 is 5.75. The first-order valence-corrected chi connectivity index (χ1v) is 5.12. The molecule has 2 nitrogen and oxygen atoms in total. The Hall–Kier alpha value is -1.09. The highest BCUT2D eigenvalue weighted by Crippen LogP contribution is 2.12. The van der Waals surface area contributed by atoms with Crippen LogP contribution >= 0.6 is 15.9 Å². The maximum absolute atomic E-state index is 11.0. The lowest BCUT2D eigenvalue weighted by Gasteiger charge is -1.95. The van der Waals surface area contributed by atoms with Crippen molar-refractivity contribution in [1.29, 1.82) is 0 Å². The van der Waals surface area contributed by atoms with E-state index in [4.69, 9.17) is 4.74 Å². The highest BCUT2D eigenvalue weighted by Gasteiger charge is 1.93. The molecule has 0 aromatic heterocycles. The summed E-state index contributed by atoms with van der Waals surface area (Å²) in [5, 5.41) is 0. The van der Waals surface area contributed by atoms with Crippen LogP contribution in [0.4, 0.5) is 0 Å². The van der Waals surface area contributed by atoms with Gasteiger partial charge in [0.15, 0.2) is 0 Å². The topological polar surface area (TPSA) is 26.3 Å². The van der Waals surface area contributed by atoms with Crippen LogP contribution in [0.25, 0.3) is 6.08 Å². The molecule has 0 aliphatic rings. The van der Waals surface area contributed by atoms with Crippen LogP contribution in [-0.2, 0) is 9.53 Å². The fourth-order valence-electron chi connectivity index (χ4n) is 0.965. The average molecular weight is 255 g/mol. The van der Waals surface area contributed by atoms with Gasteiger partial charge in [0.25, 0.3) is 0 Å². The molecule has 1 rings (SSSR count). The summed E-state index contributed by atoms with van der Waals surface area (Å²) in [6, 6.07) is 7.69. The molecule has 14 heavy (non-hydrogen) atoms. The predicted molar refractivity (Wildman–Crippen MR) is 59.8 cm³/mol. The molecule has 0 unspecified atom stereocenters. The van der Waals surface area contributed by atoms with E-state index in [9.17, 15) is 4.79 Å². The third kappa shape index (κ3) is 3.75. The summed E-state index contributed by atoms with van der Waals surface area (Å²) in [5.41, 5.74) is 0.965. The normalized spacial score (nSPS) is 10.4. The molecule has 0 aliphatic carbocycles. The number of rotatable bonds is 3. The number of carbonyl (C=O) groups is 1. The molecule has 0 radical (unpaired) electrons. The fourth-order valence-corrected chi connectivity index (χ4v) is 1.38. The van der Waals surface area contributed by atoms with E-state index in [1.807, 2.05) is 24.3 Å². The van der Waals surface area contributed by atoms with Crippen LogP contribution in [0.2, 0.25) is 0 Å². The quantitative estimate of drug-likeness (QED) is 0.613. The molecule has 0 aliphatic heterocycles. The molecule has 0 saturated carbocycles. The van der Waals surface area contributed by atoms with Crippen LogP contribution in [-0.4, -0.2) is 12.6 Å². The minimum Gasteiger partial charge on any atom is -0.463 e. The monoisotopic (exact) mass is 254 g/mol. The van der Waals surface area contributed by atoms with Gasteiger partial charge in [-0.05, 0) is 30.7 Å². The minimum absolute atomic E-state index is 0.313. The number of ether oxygens (including phenoxy) is 1. The fraction of sp³-hybridized carbons (Fsp3) is 0.182. The molecular formula is C11H11BrO2. The van der Waals surface area contributed by atoms with E-state index in [1.54, 1.807) is 13.0 Å². The van der Waals surface area contributed by atoms with Crippen LogP contribution in [0.3, 0.4) is 0 Å². The van der Waals surface area contributed by atoms with Crippen LogP contribution in [0, 0.1) is 0 Å². The predicted octanol–water partition coefficient (Wildman–Crippen LogP) is 3.03. The van der Waals surface area contributed by atoms with E-state index < -0.39 is 0 Å². The lowest BCUT2D eigenvalue weighted by Crippen LogP contribution is -1.98. The number of hydrogen-bond donors (Lipinski definition) is 0. The molecule has 0 fully saturated rings. The van der Waals surface area contributed by atoms with Crippen molar-refractivity contribution in [2.45, 2.75) is 6.92 Å². The maximum Gasteiger partial charge on any atom is 0.330 e. The van der Waals surface area contributed by atoms with Gasteiger partial charge in [-0.2, -0.15) is 0 Å².